The van der Waals surface area contributed by atoms with Gasteiger partial charge >= 0.3 is 0 Å². The molecule has 0 aromatic heterocycles. The summed E-state index contributed by atoms with van der Waals surface area (Å²) in [7, 11) is 0. The smallest absolute Gasteiger partial charge is 0.246 e. The molecule has 104 valence electrons. The lowest BCUT2D eigenvalue weighted by Gasteiger charge is -2.31. The Balaban J connectivity index is 2.03. The predicted molar refractivity (Wildman–Crippen MR) is 71.7 cm³/mol. The van der Waals surface area contributed by atoms with E-state index in [1.807, 2.05) is 30.3 Å². The van der Waals surface area contributed by atoms with Gasteiger partial charge in [-0.05, 0) is 5.56 Å². The molecule has 2 rings (SSSR count). The third-order valence-corrected chi connectivity index (χ3v) is 3.23. The molecule has 1 aromatic carbocycles. The first-order valence-corrected chi connectivity index (χ1v) is 6.55. The summed E-state index contributed by atoms with van der Waals surface area (Å²) in [5, 5.41) is 11.7. The molecule has 1 saturated heterocycles. The van der Waals surface area contributed by atoms with E-state index in [0.717, 1.165) is 38.4 Å². The van der Waals surface area contributed by atoms with Crippen LogP contribution in [0.2, 0.25) is 0 Å². The van der Waals surface area contributed by atoms with E-state index in [2.05, 4.69) is 10.2 Å². The summed E-state index contributed by atoms with van der Waals surface area (Å²) >= 11 is 0. The number of hydrogen-bond donors (Lipinski definition) is 2. The number of rotatable bonds is 5. The van der Waals surface area contributed by atoms with Crippen LogP contribution in [0.4, 0.5) is 0 Å². The summed E-state index contributed by atoms with van der Waals surface area (Å²) in [4.78, 5) is 13.7. The second-order valence-corrected chi connectivity index (χ2v) is 4.60. The van der Waals surface area contributed by atoms with Crippen LogP contribution < -0.4 is 5.32 Å². The molecule has 1 fully saturated rings. The van der Waals surface area contributed by atoms with Crippen molar-refractivity contribution in [3.05, 3.63) is 35.9 Å². The van der Waals surface area contributed by atoms with E-state index in [4.69, 9.17) is 9.84 Å². The van der Waals surface area contributed by atoms with Crippen LogP contribution in [0.15, 0.2) is 30.3 Å². The Morgan fingerprint density at radius 1 is 1.32 bits per heavy atom. The summed E-state index contributed by atoms with van der Waals surface area (Å²) in [6.45, 7) is 3.47. The molecule has 1 atom stereocenters. The SMILES string of the molecule is O=C(CO)NC(CN1CCOCC1)c1ccccc1. The van der Waals surface area contributed by atoms with Gasteiger partial charge in [0.1, 0.15) is 6.61 Å². The number of nitrogens with one attached hydrogen (secondary N) is 1. The number of morpholine rings is 1. The van der Waals surface area contributed by atoms with Crippen molar-refractivity contribution in [2.75, 3.05) is 39.5 Å². The highest BCUT2D eigenvalue weighted by molar-refractivity contribution is 5.77. The molecular formula is C14H20N2O3. The Hall–Kier alpha value is -1.43. The van der Waals surface area contributed by atoms with Crippen LogP contribution in [0, 0.1) is 0 Å². The molecule has 5 nitrogen and oxygen atoms in total. The standard InChI is InChI=1S/C14H20N2O3/c17-11-14(18)15-13(12-4-2-1-3-5-12)10-16-6-8-19-9-7-16/h1-5,13,17H,6-11H2,(H,15,18). The maximum absolute atomic E-state index is 11.4. The molecule has 0 aliphatic carbocycles. The van der Waals surface area contributed by atoms with Crippen molar-refractivity contribution < 1.29 is 14.6 Å². The van der Waals surface area contributed by atoms with Gasteiger partial charge in [0.15, 0.2) is 0 Å². The van der Waals surface area contributed by atoms with Gasteiger partial charge in [-0.15, -0.1) is 0 Å². The summed E-state index contributed by atoms with van der Waals surface area (Å²) in [6, 6.07) is 9.73. The normalized spacial score (nSPS) is 17.9. The summed E-state index contributed by atoms with van der Waals surface area (Å²) in [5.74, 6) is -0.345. The van der Waals surface area contributed by atoms with Gasteiger partial charge in [0, 0.05) is 19.6 Å². The van der Waals surface area contributed by atoms with Gasteiger partial charge in [0.25, 0.3) is 0 Å². The Morgan fingerprint density at radius 2 is 2.00 bits per heavy atom. The molecule has 1 amide bonds. The fraction of sp³-hybridized carbons (Fsp3) is 0.500. The number of nitrogens with zero attached hydrogens (tertiary/aromatic N) is 1. The third kappa shape index (κ3) is 4.31. The fourth-order valence-corrected chi connectivity index (χ4v) is 2.20. The van der Waals surface area contributed by atoms with E-state index >= 15 is 0 Å². The van der Waals surface area contributed by atoms with Gasteiger partial charge in [-0.1, -0.05) is 30.3 Å². The molecule has 1 heterocycles. The molecule has 0 saturated carbocycles. The monoisotopic (exact) mass is 264 g/mol. The largest absolute Gasteiger partial charge is 0.387 e. The predicted octanol–water partition coefficient (Wildman–Crippen LogP) is 0.168. The van der Waals surface area contributed by atoms with Gasteiger partial charge in [0.2, 0.25) is 5.91 Å². The molecule has 1 aliphatic heterocycles. The minimum Gasteiger partial charge on any atom is -0.387 e. The van der Waals surface area contributed by atoms with Crippen molar-refractivity contribution in [1.82, 2.24) is 10.2 Å². The van der Waals surface area contributed by atoms with Crippen molar-refractivity contribution >= 4 is 5.91 Å². The van der Waals surface area contributed by atoms with Crippen LogP contribution >= 0.6 is 0 Å². The molecular weight excluding hydrogens is 244 g/mol. The molecule has 19 heavy (non-hydrogen) atoms. The van der Waals surface area contributed by atoms with Crippen molar-refractivity contribution in [2.24, 2.45) is 0 Å². The van der Waals surface area contributed by atoms with Gasteiger partial charge < -0.3 is 15.2 Å². The maximum Gasteiger partial charge on any atom is 0.246 e. The molecule has 0 bridgehead atoms. The second-order valence-electron chi connectivity index (χ2n) is 4.60. The van der Waals surface area contributed by atoms with Gasteiger partial charge in [-0.25, -0.2) is 0 Å². The van der Waals surface area contributed by atoms with Crippen LogP contribution in [0.3, 0.4) is 0 Å². The van der Waals surface area contributed by atoms with E-state index in [9.17, 15) is 4.79 Å². The first-order valence-electron chi connectivity index (χ1n) is 6.55. The first kappa shape index (κ1) is 14.0. The number of carbonyl (C=O) groups is 1. The highest BCUT2D eigenvalue weighted by Crippen LogP contribution is 2.15. The van der Waals surface area contributed by atoms with Crippen LogP contribution in [-0.2, 0) is 9.53 Å². The van der Waals surface area contributed by atoms with Crippen molar-refractivity contribution in [3.8, 4) is 0 Å². The Bertz CT molecular complexity index is 391. The van der Waals surface area contributed by atoms with Crippen molar-refractivity contribution in [1.29, 1.82) is 0 Å². The molecule has 2 N–H and O–H groups in total. The molecule has 1 aliphatic rings. The number of amides is 1. The highest BCUT2D eigenvalue weighted by atomic mass is 16.5. The minimum atomic E-state index is -0.480. The number of carbonyl (C=O) groups excluding carboxylic acids is 1. The topological polar surface area (TPSA) is 61.8 Å². The van der Waals surface area contributed by atoms with Crippen LogP contribution in [-0.4, -0.2) is 55.4 Å². The average molecular weight is 264 g/mol. The maximum atomic E-state index is 11.4. The Kier molecular flexibility index (Phi) is 5.32. The number of ether oxygens (including phenoxy) is 1. The third-order valence-electron chi connectivity index (χ3n) is 3.23. The summed E-state index contributed by atoms with van der Waals surface area (Å²) in [6.07, 6.45) is 0. The van der Waals surface area contributed by atoms with Gasteiger partial charge in [0.05, 0.1) is 19.3 Å². The molecule has 5 heteroatoms. The highest BCUT2D eigenvalue weighted by Gasteiger charge is 2.19. The van der Waals surface area contributed by atoms with E-state index in [-0.39, 0.29) is 11.9 Å². The van der Waals surface area contributed by atoms with Gasteiger partial charge in [-0.2, -0.15) is 0 Å². The van der Waals surface area contributed by atoms with Crippen molar-refractivity contribution in [2.45, 2.75) is 6.04 Å². The Morgan fingerprint density at radius 3 is 2.63 bits per heavy atom. The minimum absolute atomic E-state index is 0.0982. The summed E-state index contributed by atoms with van der Waals surface area (Å²) < 4.78 is 5.32. The molecule has 0 radical (unpaired) electrons. The van der Waals surface area contributed by atoms with Crippen molar-refractivity contribution in [3.63, 3.8) is 0 Å². The average Bonchev–Trinajstić information content (AvgIpc) is 2.48. The van der Waals surface area contributed by atoms with Crippen LogP contribution in [0.1, 0.15) is 11.6 Å². The van der Waals surface area contributed by atoms with E-state index in [1.54, 1.807) is 0 Å². The van der Waals surface area contributed by atoms with E-state index < -0.39 is 6.61 Å². The lowest BCUT2D eigenvalue weighted by Crippen LogP contribution is -2.43. The quantitative estimate of drug-likeness (QED) is 0.796. The van der Waals surface area contributed by atoms with E-state index in [0.29, 0.717) is 0 Å². The lowest BCUT2D eigenvalue weighted by molar-refractivity contribution is -0.124. The number of benzene rings is 1. The second kappa shape index (κ2) is 7.23. The molecule has 1 aromatic rings. The molecule has 1 unspecified atom stereocenters. The first-order chi connectivity index (χ1) is 9.29. The zero-order valence-corrected chi connectivity index (χ0v) is 10.9. The van der Waals surface area contributed by atoms with E-state index in [1.165, 1.54) is 0 Å². The fourth-order valence-electron chi connectivity index (χ4n) is 2.20. The molecule has 0 spiro atoms. The van der Waals surface area contributed by atoms with Gasteiger partial charge in [-0.3, -0.25) is 9.69 Å². The zero-order valence-electron chi connectivity index (χ0n) is 10.9. The zero-order chi connectivity index (χ0) is 13.5. The number of hydrogen-bond acceptors (Lipinski definition) is 4. The Labute approximate surface area is 113 Å². The van der Waals surface area contributed by atoms with Crippen LogP contribution in [0.25, 0.3) is 0 Å². The lowest BCUT2D eigenvalue weighted by atomic mass is 10.1. The number of aliphatic hydroxyl groups excluding tert-OH is 1. The number of aliphatic hydroxyl groups is 1. The van der Waals surface area contributed by atoms with Crippen LogP contribution in [0.5, 0.6) is 0 Å². The summed E-state index contributed by atoms with van der Waals surface area (Å²) in [5.41, 5.74) is 1.05.